The molecule has 10 nitrogen and oxygen atoms in total. The van der Waals surface area contributed by atoms with Gasteiger partial charge in [0.15, 0.2) is 11.7 Å². The summed E-state index contributed by atoms with van der Waals surface area (Å²) in [7, 11) is 1.96. The van der Waals surface area contributed by atoms with Gasteiger partial charge in [-0.15, -0.1) is 12.4 Å². The third-order valence-corrected chi connectivity index (χ3v) is 6.93. The molecule has 0 bridgehead atoms. The Kier molecular flexibility index (Phi) is 8.93. The molecule has 0 spiro atoms. The van der Waals surface area contributed by atoms with Crippen molar-refractivity contribution in [3.63, 3.8) is 0 Å². The van der Waals surface area contributed by atoms with Crippen LogP contribution in [0, 0.1) is 0 Å². The third-order valence-electron chi connectivity index (χ3n) is 6.93. The molecule has 1 aromatic heterocycles. The number of fused-ring (bicyclic) bond motifs is 1. The van der Waals surface area contributed by atoms with E-state index in [1.54, 1.807) is 5.32 Å². The van der Waals surface area contributed by atoms with Gasteiger partial charge in [0, 0.05) is 50.2 Å². The van der Waals surface area contributed by atoms with Gasteiger partial charge in [-0.3, -0.25) is 10.5 Å². The molecule has 1 amide bonds. The number of nitrogens with one attached hydrogen (secondary N) is 1. The molecule has 0 aliphatic carbocycles. The largest absolute Gasteiger partial charge is 0.827 e. The molecule has 1 aliphatic rings. The first kappa shape index (κ1) is 27.9. The Balaban J connectivity index is 0.00000361. The highest BCUT2D eigenvalue weighted by molar-refractivity contribution is 5.88. The number of aliphatic hydroxyl groups is 1. The van der Waals surface area contributed by atoms with Crippen LogP contribution in [0.25, 0.3) is 11.0 Å². The zero-order valence-electron chi connectivity index (χ0n) is 20.8. The standard InChI is InChI=1S/C25H34N7O3.ClH/c1-25(29-15-22(33)34,24(35)32-11-3-4-12-32)17-7-10-20-19(13-17)30-21(31(20)2)14-28-18-8-5-16(6-9-18)23(26)27;/h5-10,13,22-23,28-29,33H,3-4,11-12,14-15,26-27H2,1-2H3;1H/q-1;/p+2/t22?,25-;/m1./s1. The molecule has 11 heteroatoms. The Labute approximate surface area is 217 Å². The fraction of sp³-hybridized carbons (Fsp3) is 0.440. The first-order chi connectivity index (χ1) is 16.7. The second kappa shape index (κ2) is 11.5. The number of imidazole rings is 1. The maximum absolute atomic E-state index is 13.5. The number of benzene rings is 2. The number of carbonyl (C=O) groups is 1. The van der Waals surface area contributed by atoms with E-state index in [1.165, 1.54) is 0 Å². The molecule has 3 aromatic rings. The summed E-state index contributed by atoms with van der Waals surface area (Å²) in [6.07, 6.45) is -0.0513. The Morgan fingerprint density at radius 1 is 1.28 bits per heavy atom. The summed E-state index contributed by atoms with van der Waals surface area (Å²) in [5.41, 5.74) is 13.1. The van der Waals surface area contributed by atoms with Crippen LogP contribution in [0.5, 0.6) is 0 Å². The second-order valence-electron chi connectivity index (χ2n) is 9.47. The van der Waals surface area contributed by atoms with Crippen LogP contribution in [-0.4, -0.2) is 51.4 Å². The van der Waals surface area contributed by atoms with Gasteiger partial charge in [-0.1, -0.05) is 6.07 Å². The number of hydrogen-bond donors (Lipinski definition) is 5. The zero-order chi connectivity index (χ0) is 25.2. The zero-order valence-corrected chi connectivity index (χ0v) is 21.6. The minimum Gasteiger partial charge on any atom is -0.827 e. The van der Waals surface area contributed by atoms with E-state index in [0.29, 0.717) is 19.6 Å². The Morgan fingerprint density at radius 2 is 1.94 bits per heavy atom. The van der Waals surface area contributed by atoms with Crippen molar-refractivity contribution in [1.29, 1.82) is 0 Å². The van der Waals surface area contributed by atoms with Gasteiger partial charge >= 0.3 is 0 Å². The molecular weight excluding hydrogens is 482 g/mol. The van der Waals surface area contributed by atoms with Crippen LogP contribution in [-0.2, 0) is 23.9 Å². The second-order valence-corrected chi connectivity index (χ2v) is 9.47. The Morgan fingerprint density at radius 3 is 2.56 bits per heavy atom. The summed E-state index contributed by atoms with van der Waals surface area (Å²) in [6.45, 7) is 3.67. The highest BCUT2D eigenvalue weighted by atomic mass is 35.5. The molecular formula is C25H37ClN7O3+. The molecule has 4 rings (SSSR count). The number of aryl methyl sites for hydroxylation is 1. The molecule has 2 aromatic carbocycles. The van der Waals surface area contributed by atoms with Crippen molar-refractivity contribution in [3.05, 3.63) is 59.4 Å². The molecule has 1 fully saturated rings. The Hall–Kier alpha value is -2.73. The number of aromatic nitrogens is 2. The van der Waals surface area contributed by atoms with Crippen LogP contribution in [0.2, 0.25) is 0 Å². The van der Waals surface area contributed by atoms with Gasteiger partial charge in [0.05, 0.1) is 24.1 Å². The number of rotatable bonds is 9. The minimum absolute atomic E-state index is 0. The Bertz CT molecular complexity index is 1180. The lowest BCUT2D eigenvalue weighted by atomic mass is 9.89. The summed E-state index contributed by atoms with van der Waals surface area (Å²) in [5.74, 6) is 0.805. The first-order valence-corrected chi connectivity index (χ1v) is 12.0. The quantitative estimate of drug-likeness (QED) is 0.225. The molecule has 36 heavy (non-hydrogen) atoms. The van der Waals surface area contributed by atoms with Gasteiger partial charge in [0.25, 0.3) is 5.91 Å². The number of anilines is 1. The molecule has 9 N–H and O–H groups in total. The average molecular weight is 519 g/mol. The van der Waals surface area contributed by atoms with E-state index in [0.717, 1.165) is 46.5 Å². The molecule has 2 unspecified atom stereocenters. The summed E-state index contributed by atoms with van der Waals surface area (Å²) < 4.78 is 2.02. The lowest BCUT2D eigenvalue weighted by Crippen LogP contribution is -2.99. The van der Waals surface area contributed by atoms with Crippen molar-refractivity contribution in [1.82, 2.24) is 14.5 Å². The topological polar surface area (TPSA) is 164 Å². The van der Waals surface area contributed by atoms with Crippen LogP contribution in [0.15, 0.2) is 42.5 Å². The van der Waals surface area contributed by atoms with Crippen LogP contribution < -0.4 is 27.2 Å². The van der Waals surface area contributed by atoms with Crippen molar-refractivity contribution in [2.45, 2.75) is 44.3 Å². The number of carbonyl (C=O) groups excluding carboxylic acids is 1. The molecule has 1 aliphatic heterocycles. The van der Waals surface area contributed by atoms with Crippen molar-refractivity contribution < 1.29 is 26.1 Å². The number of aliphatic hydroxyl groups excluding tert-OH is 1. The number of likely N-dealkylation sites (tertiary alicyclic amines) is 1. The van der Waals surface area contributed by atoms with Crippen molar-refractivity contribution in [2.75, 3.05) is 25.0 Å². The normalized spacial score (nSPS) is 16.9. The maximum atomic E-state index is 13.5. The van der Waals surface area contributed by atoms with Gasteiger partial charge in [-0.2, -0.15) is 0 Å². The number of hydrogen-bond acceptors (Lipinski definition) is 6. The van der Waals surface area contributed by atoms with Crippen molar-refractivity contribution in [3.8, 4) is 0 Å². The number of halogens is 1. The van der Waals surface area contributed by atoms with Crippen LogP contribution in [0.1, 0.15) is 42.9 Å². The van der Waals surface area contributed by atoms with E-state index in [-0.39, 0.29) is 31.0 Å². The van der Waals surface area contributed by atoms with E-state index in [2.05, 4.69) is 11.1 Å². The van der Waals surface area contributed by atoms with Crippen LogP contribution >= 0.6 is 12.4 Å². The van der Waals surface area contributed by atoms with Gasteiger partial charge in [-0.25, -0.2) is 4.98 Å². The van der Waals surface area contributed by atoms with Gasteiger partial charge < -0.3 is 36.0 Å². The number of quaternary nitrogens is 2. The lowest BCUT2D eigenvalue weighted by molar-refractivity contribution is -0.746. The minimum atomic E-state index is -1.75. The highest BCUT2D eigenvalue weighted by Gasteiger charge is 2.43. The summed E-state index contributed by atoms with van der Waals surface area (Å²) in [4.78, 5) is 20.1. The molecule has 3 atom stereocenters. The van der Waals surface area contributed by atoms with Crippen LogP contribution in [0.4, 0.5) is 5.69 Å². The summed E-state index contributed by atoms with van der Waals surface area (Å²) in [5, 5.41) is 25.8. The predicted molar refractivity (Wildman–Crippen MR) is 138 cm³/mol. The van der Waals surface area contributed by atoms with Gasteiger partial charge in [-0.05, 0) is 49.2 Å². The highest BCUT2D eigenvalue weighted by Crippen LogP contribution is 2.26. The number of amides is 1. The molecule has 2 heterocycles. The van der Waals surface area contributed by atoms with E-state index < -0.39 is 11.8 Å². The third kappa shape index (κ3) is 5.80. The molecule has 196 valence electrons. The van der Waals surface area contributed by atoms with E-state index in [9.17, 15) is 15.0 Å². The molecule has 1 saturated heterocycles. The lowest BCUT2D eigenvalue weighted by Gasteiger charge is -2.32. The van der Waals surface area contributed by atoms with E-state index in [4.69, 9.17) is 10.7 Å². The number of nitrogens with two attached hydrogens (primary N) is 2. The monoisotopic (exact) mass is 518 g/mol. The van der Waals surface area contributed by atoms with Crippen LogP contribution in [0.3, 0.4) is 0 Å². The van der Waals surface area contributed by atoms with Gasteiger partial charge in [0.2, 0.25) is 0 Å². The summed E-state index contributed by atoms with van der Waals surface area (Å²) >= 11 is 0. The maximum Gasteiger partial charge on any atom is 0.288 e. The fourth-order valence-electron chi connectivity index (χ4n) is 4.67. The first-order valence-electron chi connectivity index (χ1n) is 12.0. The fourth-order valence-corrected chi connectivity index (χ4v) is 4.67. The van der Waals surface area contributed by atoms with Crippen molar-refractivity contribution >= 4 is 35.0 Å². The van der Waals surface area contributed by atoms with Crippen molar-refractivity contribution in [2.24, 2.45) is 12.8 Å². The SMILES string of the molecule is Cl.Cn1c(CNc2ccc(C(N)[NH3+])cc2)nc2cc([C@@](C)([NH2+]CC([O-])O)C(=O)N3CCCC3)ccc21. The van der Waals surface area contributed by atoms with E-state index in [1.807, 2.05) is 65.9 Å². The smallest absolute Gasteiger partial charge is 0.288 e. The predicted octanol–water partition coefficient (Wildman–Crippen LogP) is -1.11. The van der Waals surface area contributed by atoms with Gasteiger partial charge in [0.1, 0.15) is 5.82 Å². The molecule has 0 radical (unpaired) electrons. The summed E-state index contributed by atoms with van der Waals surface area (Å²) in [6, 6.07) is 13.6. The average Bonchev–Trinajstić information content (AvgIpc) is 3.49. The molecule has 0 saturated carbocycles. The van der Waals surface area contributed by atoms with E-state index >= 15 is 0 Å². The number of nitrogens with zero attached hydrogens (tertiary/aromatic N) is 3.